The van der Waals surface area contributed by atoms with Crippen molar-refractivity contribution < 1.29 is 14.3 Å². The van der Waals surface area contributed by atoms with Crippen LogP contribution in [0.15, 0.2) is 30.5 Å². The fourth-order valence-electron chi connectivity index (χ4n) is 1.60. The minimum absolute atomic E-state index is 0.0520. The van der Waals surface area contributed by atoms with Gasteiger partial charge in [0.2, 0.25) is 0 Å². The highest BCUT2D eigenvalue weighted by molar-refractivity contribution is 5.87. The Hall–Kier alpha value is -2.17. The van der Waals surface area contributed by atoms with Crippen molar-refractivity contribution in [1.82, 2.24) is 9.78 Å². The Morgan fingerprint density at radius 1 is 1.47 bits per heavy atom. The predicted octanol–water partition coefficient (Wildman–Crippen LogP) is 2.08. The molecule has 0 spiro atoms. The molecule has 0 bridgehead atoms. The average Bonchev–Trinajstić information content (AvgIpc) is 2.63. The molecule has 2 aromatic rings. The number of carboxylic acid groups (broad SMARTS) is 1. The summed E-state index contributed by atoms with van der Waals surface area (Å²) >= 11 is 0. The van der Waals surface area contributed by atoms with Crippen molar-refractivity contribution in [2.45, 2.75) is 13.5 Å². The van der Waals surface area contributed by atoms with Crippen molar-refractivity contribution in [2.75, 3.05) is 0 Å². The number of carbonyl (C=O) groups is 1. The van der Waals surface area contributed by atoms with Gasteiger partial charge in [-0.1, -0.05) is 0 Å². The van der Waals surface area contributed by atoms with Gasteiger partial charge < -0.3 is 5.11 Å². The first kappa shape index (κ1) is 11.3. The molecule has 1 N–H and O–H groups in total. The Bertz CT molecular complexity index is 563. The summed E-state index contributed by atoms with van der Waals surface area (Å²) in [6.45, 7) is 2.20. The Labute approximate surface area is 97.3 Å². The summed E-state index contributed by atoms with van der Waals surface area (Å²) in [5.74, 6) is -1.69. The highest BCUT2D eigenvalue weighted by Gasteiger charge is 2.07. The topological polar surface area (TPSA) is 55.1 Å². The number of aromatic carboxylic acids is 1. The van der Waals surface area contributed by atoms with Crippen LogP contribution in [0.25, 0.3) is 0 Å². The van der Waals surface area contributed by atoms with Crippen LogP contribution in [0.2, 0.25) is 0 Å². The molecule has 0 amide bonds. The normalized spacial score (nSPS) is 10.5. The van der Waals surface area contributed by atoms with Crippen LogP contribution in [0, 0.1) is 12.7 Å². The monoisotopic (exact) mass is 234 g/mol. The van der Waals surface area contributed by atoms with Crippen molar-refractivity contribution >= 4 is 5.97 Å². The van der Waals surface area contributed by atoms with E-state index in [0.29, 0.717) is 12.1 Å². The molecular weight excluding hydrogens is 223 g/mol. The molecule has 0 aliphatic heterocycles. The van der Waals surface area contributed by atoms with Gasteiger partial charge in [0, 0.05) is 6.20 Å². The van der Waals surface area contributed by atoms with Gasteiger partial charge in [0.1, 0.15) is 5.82 Å². The zero-order chi connectivity index (χ0) is 12.4. The lowest BCUT2D eigenvalue weighted by atomic mass is 10.1. The van der Waals surface area contributed by atoms with E-state index in [0.717, 1.165) is 11.8 Å². The second-order valence-corrected chi connectivity index (χ2v) is 3.81. The summed E-state index contributed by atoms with van der Waals surface area (Å²) < 4.78 is 14.8. The molecule has 0 radical (unpaired) electrons. The molecule has 0 aliphatic carbocycles. The van der Waals surface area contributed by atoms with Crippen LogP contribution < -0.4 is 0 Å². The highest BCUT2D eigenvalue weighted by atomic mass is 19.1. The van der Waals surface area contributed by atoms with Crippen LogP contribution >= 0.6 is 0 Å². The van der Waals surface area contributed by atoms with Gasteiger partial charge in [-0.15, -0.1) is 0 Å². The summed E-state index contributed by atoms with van der Waals surface area (Å²) in [7, 11) is 0. The molecular formula is C12H11FN2O2. The van der Waals surface area contributed by atoms with Gasteiger partial charge in [-0.2, -0.15) is 5.10 Å². The third kappa shape index (κ3) is 2.69. The summed E-state index contributed by atoms with van der Waals surface area (Å²) in [4.78, 5) is 10.8. The number of carboxylic acids is 1. The van der Waals surface area contributed by atoms with Crippen LogP contribution in [0.4, 0.5) is 4.39 Å². The molecule has 88 valence electrons. The largest absolute Gasteiger partial charge is 0.478 e. The van der Waals surface area contributed by atoms with Crippen molar-refractivity contribution in [3.05, 3.63) is 53.1 Å². The van der Waals surface area contributed by atoms with Gasteiger partial charge in [-0.05, 0) is 36.8 Å². The lowest BCUT2D eigenvalue weighted by Crippen LogP contribution is -2.04. The Kier molecular flexibility index (Phi) is 2.91. The number of halogens is 1. The Balaban J connectivity index is 2.29. The first-order valence-electron chi connectivity index (χ1n) is 5.07. The second kappa shape index (κ2) is 4.37. The van der Waals surface area contributed by atoms with Crippen molar-refractivity contribution in [2.24, 2.45) is 0 Å². The fourth-order valence-corrected chi connectivity index (χ4v) is 1.60. The summed E-state index contributed by atoms with van der Waals surface area (Å²) in [5.41, 5.74) is 1.38. The van der Waals surface area contributed by atoms with E-state index in [-0.39, 0.29) is 5.56 Å². The number of aryl methyl sites for hydroxylation is 1. The molecule has 1 heterocycles. The van der Waals surface area contributed by atoms with Crippen molar-refractivity contribution in [3.8, 4) is 0 Å². The Morgan fingerprint density at radius 2 is 2.24 bits per heavy atom. The maximum atomic E-state index is 13.2. The summed E-state index contributed by atoms with van der Waals surface area (Å²) in [6.07, 6.45) is 1.76. The second-order valence-electron chi connectivity index (χ2n) is 3.81. The summed E-state index contributed by atoms with van der Waals surface area (Å²) in [6, 6.07) is 5.59. The molecule has 17 heavy (non-hydrogen) atoms. The molecule has 1 aromatic heterocycles. The van der Waals surface area contributed by atoms with E-state index in [4.69, 9.17) is 5.11 Å². The smallest absolute Gasteiger partial charge is 0.335 e. The first-order valence-corrected chi connectivity index (χ1v) is 5.07. The fraction of sp³-hybridized carbons (Fsp3) is 0.167. The van der Waals surface area contributed by atoms with E-state index >= 15 is 0 Å². The number of hydrogen-bond acceptors (Lipinski definition) is 2. The van der Waals surface area contributed by atoms with Gasteiger partial charge in [-0.3, -0.25) is 4.68 Å². The number of hydrogen-bond donors (Lipinski definition) is 1. The maximum Gasteiger partial charge on any atom is 0.335 e. The molecule has 2 rings (SSSR count). The molecule has 0 atom stereocenters. The molecule has 5 heteroatoms. The van der Waals surface area contributed by atoms with Gasteiger partial charge in [0.25, 0.3) is 0 Å². The van der Waals surface area contributed by atoms with E-state index in [2.05, 4.69) is 5.10 Å². The Morgan fingerprint density at radius 3 is 2.82 bits per heavy atom. The zero-order valence-corrected chi connectivity index (χ0v) is 9.22. The van der Waals surface area contributed by atoms with Crippen molar-refractivity contribution in [1.29, 1.82) is 0 Å². The maximum absolute atomic E-state index is 13.2. The minimum atomic E-state index is -1.14. The standard InChI is InChI=1S/C12H11FN2O2/c1-8-2-3-15(14-8)7-9-4-10(12(16)17)6-11(13)5-9/h2-6H,7H2,1H3,(H,16,17). The van der Waals surface area contributed by atoms with Gasteiger partial charge in [0.15, 0.2) is 0 Å². The van der Waals surface area contributed by atoms with E-state index < -0.39 is 11.8 Å². The third-order valence-electron chi connectivity index (χ3n) is 2.32. The minimum Gasteiger partial charge on any atom is -0.478 e. The molecule has 4 nitrogen and oxygen atoms in total. The van der Waals surface area contributed by atoms with E-state index in [9.17, 15) is 9.18 Å². The lowest BCUT2D eigenvalue weighted by molar-refractivity contribution is 0.0696. The van der Waals surface area contributed by atoms with Crippen LogP contribution in [-0.2, 0) is 6.54 Å². The quantitative estimate of drug-likeness (QED) is 0.884. The van der Waals surface area contributed by atoms with Gasteiger partial charge in [0.05, 0.1) is 17.8 Å². The molecule has 0 unspecified atom stereocenters. The third-order valence-corrected chi connectivity index (χ3v) is 2.32. The highest BCUT2D eigenvalue weighted by Crippen LogP contribution is 2.11. The first-order chi connectivity index (χ1) is 8.04. The molecule has 0 aliphatic rings. The number of nitrogens with zero attached hydrogens (tertiary/aromatic N) is 2. The zero-order valence-electron chi connectivity index (χ0n) is 9.22. The van der Waals surface area contributed by atoms with Crippen LogP contribution in [0.3, 0.4) is 0 Å². The average molecular weight is 234 g/mol. The van der Waals surface area contributed by atoms with Crippen LogP contribution in [0.5, 0.6) is 0 Å². The number of rotatable bonds is 3. The van der Waals surface area contributed by atoms with Crippen LogP contribution in [0.1, 0.15) is 21.6 Å². The molecule has 0 saturated carbocycles. The van der Waals surface area contributed by atoms with E-state index in [1.54, 1.807) is 10.9 Å². The number of aromatic nitrogens is 2. The molecule has 1 aromatic carbocycles. The van der Waals surface area contributed by atoms with E-state index in [1.807, 2.05) is 13.0 Å². The predicted molar refractivity (Wildman–Crippen MR) is 59.4 cm³/mol. The number of benzene rings is 1. The van der Waals surface area contributed by atoms with Gasteiger partial charge in [-0.25, -0.2) is 9.18 Å². The SMILES string of the molecule is Cc1ccn(Cc2cc(F)cc(C(=O)O)c2)n1. The van der Waals surface area contributed by atoms with E-state index in [1.165, 1.54) is 12.1 Å². The van der Waals surface area contributed by atoms with Crippen molar-refractivity contribution in [3.63, 3.8) is 0 Å². The van der Waals surface area contributed by atoms with Crippen LogP contribution in [-0.4, -0.2) is 20.9 Å². The molecule has 0 saturated heterocycles. The lowest BCUT2D eigenvalue weighted by Gasteiger charge is -2.04. The molecule has 0 fully saturated rings. The van der Waals surface area contributed by atoms with Gasteiger partial charge >= 0.3 is 5.97 Å². The summed E-state index contributed by atoms with van der Waals surface area (Å²) in [5, 5.41) is 13.0.